The van der Waals surface area contributed by atoms with Gasteiger partial charge in [0.05, 0.1) is 6.54 Å². The molecule has 0 amide bonds. The highest BCUT2D eigenvalue weighted by Gasteiger charge is 2.01. The van der Waals surface area contributed by atoms with Gasteiger partial charge in [-0.15, -0.1) is 0 Å². The molecule has 0 bridgehead atoms. The highest BCUT2D eigenvalue weighted by Crippen LogP contribution is 2.02. The Morgan fingerprint density at radius 3 is 2.93 bits per heavy atom. The Hall–Kier alpha value is -0.900. The lowest BCUT2D eigenvalue weighted by molar-refractivity contribution is 0.514. The molecule has 0 unspecified atom stereocenters. The molecule has 0 atom stereocenters. The Balaban J connectivity index is 2.30. The molecule has 0 aliphatic heterocycles. The predicted octanol–water partition coefficient (Wildman–Crippen LogP) is 1.58. The Kier molecular flexibility index (Phi) is 5.22. The normalized spacial score (nSPS) is 10.7. The van der Waals surface area contributed by atoms with Gasteiger partial charge in [0, 0.05) is 6.54 Å². The molecule has 4 nitrogen and oxygen atoms in total. The van der Waals surface area contributed by atoms with Crippen LogP contribution in [0, 0.1) is 0 Å². The standard InChI is InChI=1S/C10H20N4/c1-3-4-5-6-7-14-10(8-11-2)12-9-13-14/h9,11H,3-8H2,1-2H3. The van der Waals surface area contributed by atoms with Crippen molar-refractivity contribution in [2.45, 2.75) is 45.7 Å². The molecule has 0 aliphatic carbocycles. The summed E-state index contributed by atoms with van der Waals surface area (Å²) in [6.45, 7) is 4.02. The van der Waals surface area contributed by atoms with Crippen molar-refractivity contribution in [1.29, 1.82) is 0 Å². The van der Waals surface area contributed by atoms with E-state index in [1.54, 1.807) is 6.33 Å². The lowest BCUT2D eigenvalue weighted by Gasteiger charge is -2.04. The Morgan fingerprint density at radius 1 is 1.36 bits per heavy atom. The molecule has 0 saturated heterocycles. The lowest BCUT2D eigenvalue weighted by Crippen LogP contribution is -2.13. The molecule has 0 aliphatic rings. The predicted molar refractivity (Wildman–Crippen MR) is 56.9 cm³/mol. The first-order valence-corrected chi connectivity index (χ1v) is 5.39. The fourth-order valence-electron chi connectivity index (χ4n) is 1.46. The molecular formula is C10H20N4. The van der Waals surface area contributed by atoms with Crippen molar-refractivity contribution in [3.05, 3.63) is 12.2 Å². The first-order valence-electron chi connectivity index (χ1n) is 5.39. The van der Waals surface area contributed by atoms with Crippen LogP contribution in [-0.2, 0) is 13.1 Å². The number of hydrogen-bond acceptors (Lipinski definition) is 3. The van der Waals surface area contributed by atoms with Crippen LogP contribution in [0.15, 0.2) is 6.33 Å². The lowest BCUT2D eigenvalue weighted by atomic mass is 10.2. The molecule has 0 saturated carbocycles. The summed E-state index contributed by atoms with van der Waals surface area (Å²) in [7, 11) is 1.93. The summed E-state index contributed by atoms with van der Waals surface area (Å²) in [4.78, 5) is 4.19. The van der Waals surface area contributed by atoms with Crippen molar-refractivity contribution in [1.82, 2.24) is 20.1 Å². The van der Waals surface area contributed by atoms with E-state index in [0.717, 1.165) is 18.9 Å². The van der Waals surface area contributed by atoms with Crippen LogP contribution in [-0.4, -0.2) is 21.8 Å². The van der Waals surface area contributed by atoms with Gasteiger partial charge in [0.25, 0.3) is 0 Å². The summed E-state index contributed by atoms with van der Waals surface area (Å²) in [5.41, 5.74) is 0. The molecule has 0 aromatic carbocycles. The number of hydrogen-bond donors (Lipinski definition) is 1. The topological polar surface area (TPSA) is 42.7 Å². The average molecular weight is 196 g/mol. The van der Waals surface area contributed by atoms with Crippen LogP contribution in [0.5, 0.6) is 0 Å². The maximum Gasteiger partial charge on any atom is 0.140 e. The van der Waals surface area contributed by atoms with Crippen LogP contribution in [0.1, 0.15) is 38.4 Å². The second-order valence-corrected chi connectivity index (χ2v) is 3.49. The van der Waals surface area contributed by atoms with Crippen molar-refractivity contribution in [2.24, 2.45) is 0 Å². The number of aromatic nitrogens is 3. The van der Waals surface area contributed by atoms with Gasteiger partial charge in [-0.3, -0.25) is 0 Å². The summed E-state index contributed by atoms with van der Waals surface area (Å²) >= 11 is 0. The summed E-state index contributed by atoms with van der Waals surface area (Å²) < 4.78 is 1.99. The van der Waals surface area contributed by atoms with Crippen molar-refractivity contribution in [3.8, 4) is 0 Å². The van der Waals surface area contributed by atoms with Gasteiger partial charge in [-0.2, -0.15) is 5.10 Å². The van der Waals surface area contributed by atoms with Crippen LogP contribution < -0.4 is 5.32 Å². The first kappa shape index (κ1) is 11.2. The molecule has 1 aromatic heterocycles. The Morgan fingerprint density at radius 2 is 2.21 bits per heavy atom. The van der Waals surface area contributed by atoms with E-state index in [2.05, 4.69) is 22.3 Å². The van der Waals surface area contributed by atoms with Crippen molar-refractivity contribution >= 4 is 0 Å². The zero-order valence-electron chi connectivity index (χ0n) is 9.16. The highest BCUT2D eigenvalue weighted by molar-refractivity contribution is 4.82. The van der Waals surface area contributed by atoms with Crippen molar-refractivity contribution in [2.75, 3.05) is 7.05 Å². The zero-order valence-corrected chi connectivity index (χ0v) is 9.16. The van der Waals surface area contributed by atoms with E-state index in [4.69, 9.17) is 0 Å². The molecule has 1 rings (SSSR count). The smallest absolute Gasteiger partial charge is 0.140 e. The largest absolute Gasteiger partial charge is 0.313 e. The monoisotopic (exact) mass is 196 g/mol. The first-order chi connectivity index (χ1) is 6.88. The van der Waals surface area contributed by atoms with Crippen LogP contribution in [0.25, 0.3) is 0 Å². The molecule has 1 N–H and O–H groups in total. The van der Waals surface area contributed by atoms with Gasteiger partial charge in [-0.25, -0.2) is 9.67 Å². The SMILES string of the molecule is CCCCCCn1ncnc1CNC. The molecule has 0 spiro atoms. The molecule has 0 fully saturated rings. The average Bonchev–Trinajstić information content (AvgIpc) is 2.61. The minimum Gasteiger partial charge on any atom is -0.313 e. The maximum atomic E-state index is 4.20. The number of rotatable bonds is 7. The Bertz CT molecular complexity index is 244. The summed E-state index contributed by atoms with van der Waals surface area (Å²) in [6.07, 6.45) is 6.71. The van der Waals surface area contributed by atoms with E-state index in [-0.39, 0.29) is 0 Å². The summed E-state index contributed by atoms with van der Waals surface area (Å²) in [5, 5.41) is 7.29. The van der Waals surface area contributed by atoms with Gasteiger partial charge in [0.2, 0.25) is 0 Å². The summed E-state index contributed by atoms with van der Waals surface area (Å²) in [5.74, 6) is 1.03. The number of unbranched alkanes of at least 4 members (excludes halogenated alkanes) is 3. The van der Waals surface area contributed by atoms with Gasteiger partial charge in [-0.1, -0.05) is 26.2 Å². The van der Waals surface area contributed by atoms with Gasteiger partial charge in [0.1, 0.15) is 12.2 Å². The molecule has 1 aromatic rings. The van der Waals surface area contributed by atoms with Gasteiger partial charge in [0.15, 0.2) is 0 Å². The molecule has 1 heterocycles. The molecule has 14 heavy (non-hydrogen) atoms. The van der Waals surface area contributed by atoms with Crippen LogP contribution in [0.3, 0.4) is 0 Å². The number of nitrogens with zero attached hydrogens (tertiary/aromatic N) is 3. The van der Waals surface area contributed by atoms with Gasteiger partial charge in [-0.05, 0) is 13.5 Å². The van der Waals surface area contributed by atoms with E-state index in [9.17, 15) is 0 Å². The molecular weight excluding hydrogens is 176 g/mol. The third-order valence-corrected chi connectivity index (χ3v) is 2.25. The van der Waals surface area contributed by atoms with E-state index in [1.165, 1.54) is 25.7 Å². The van der Waals surface area contributed by atoms with E-state index in [0.29, 0.717) is 0 Å². The minimum atomic E-state index is 0.799. The van der Waals surface area contributed by atoms with Crippen molar-refractivity contribution in [3.63, 3.8) is 0 Å². The van der Waals surface area contributed by atoms with Crippen LogP contribution in [0.4, 0.5) is 0 Å². The maximum absolute atomic E-state index is 4.20. The zero-order chi connectivity index (χ0) is 10.2. The van der Waals surface area contributed by atoms with Gasteiger partial charge < -0.3 is 5.32 Å². The number of nitrogens with one attached hydrogen (secondary N) is 1. The molecule has 4 heteroatoms. The van der Waals surface area contributed by atoms with E-state index < -0.39 is 0 Å². The molecule has 0 radical (unpaired) electrons. The quantitative estimate of drug-likeness (QED) is 0.673. The second kappa shape index (κ2) is 6.54. The fourth-order valence-corrected chi connectivity index (χ4v) is 1.46. The third-order valence-electron chi connectivity index (χ3n) is 2.25. The summed E-state index contributed by atoms with van der Waals surface area (Å²) in [6, 6.07) is 0. The Labute approximate surface area is 85.7 Å². The second-order valence-electron chi connectivity index (χ2n) is 3.49. The fraction of sp³-hybridized carbons (Fsp3) is 0.800. The van der Waals surface area contributed by atoms with E-state index in [1.807, 2.05) is 11.7 Å². The molecule has 80 valence electrons. The van der Waals surface area contributed by atoms with Crippen LogP contribution in [0.2, 0.25) is 0 Å². The third kappa shape index (κ3) is 3.46. The minimum absolute atomic E-state index is 0.799. The van der Waals surface area contributed by atoms with Crippen molar-refractivity contribution < 1.29 is 0 Å². The van der Waals surface area contributed by atoms with Gasteiger partial charge >= 0.3 is 0 Å². The van der Waals surface area contributed by atoms with Crippen LogP contribution >= 0.6 is 0 Å². The highest BCUT2D eigenvalue weighted by atomic mass is 15.3. The number of aryl methyl sites for hydroxylation is 1. The van der Waals surface area contributed by atoms with E-state index >= 15 is 0 Å².